The lowest BCUT2D eigenvalue weighted by molar-refractivity contribution is 0.189. The Morgan fingerprint density at radius 1 is 1.48 bits per heavy atom. The standard InChI is InChI=1S/C14H18ClN3O2S/c1-10(11-6-3-4-7-12(11)15)21-14-17-16-13(19)18(14)8-5-9-20-2/h3-4,6-7,10H,5,8-9H2,1-2H3,(H,16,19). The molecule has 2 rings (SSSR count). The van der Waals surface area contributed by atoms with Crippen molar-refractivity contribution in [3.8, 4) is 0 Å². The van der Waals surface area contributed by atoms with Gasteiger partial charge in [-0.3, -0.25) is 4.57 Å². The van der Waals surface area contributed by atoms with Crippen LogP contribution < -0.4 is 5.69 Å². The summed E-state index contributed by atoms with van der Waals surface area (Å²) in [6, 6.07) is 7.71. The van der Waals surface area contributed by atoms with Crippen molar-refractivity contribution >= 4 is 23.4 Å². The van der Waals surface area contributed by atoms with Gasteiger partial charge in [-0.25, -0.2) is 9.89 Å². The predicted octanol–water partition coefficient (Wildman–Crippen LogP) is 3.11. The van der Waals surface area contributed by atoms with Crippen molar-refractivity contribution in [1.29, 1.82) is 0 Å². The van der Waals surface area contributed by atoms with Gasteiger partial charge >= 0.3 is 5.69 Å². The third-order valence-corrected chi connectivity index (χ3v) is 4.55. The molecule has 0 aliphatic carbocycles. The predicted molar refractivity (Wildman–Crippen MR) is 85.1 cm³/mol. The number of thioether (sulfide) groups is 1. The lowest BCUT2D eigenvalue weighted by atomic mass is 10.2. The fourth-order valence-electron chi connectivity index (χ4n) is 1.98. The zero-order valence-corrected chi connectivity index (χ0v) is 13.6. The molecule has 2 aromatic rings. The number of rotatable bonds is 7. The van der Waals surface area contributed by atoms with Gasteiger partial charge in [-0.05, 0) is 25.0 Å². The topological polar surface area (TPSA) is 59.9 Å². The molecule has 7 heteroatoms. The van der Waals surface area contributed by atoms with Gasteiger partial charge in [-0.15, -0.1) is 5.10 Å². The summed E-state index contributed by atoms with van der Waals surface area (Å²) in [6.07, 6.45) is 0.768. The maximum Gasteiger partial charge on any atom is 0.343 e. The van der Waals surface area contributed by atoms with Gasteiger partial charge in [0.1, 0.15) is 0 Å². The number of halogens is 1. The van der Waals surface area contributed by atoms with Crippen LogP contribution in [-0.4, -0.2) is 28.5 Å². The average Bonchev–Trinajstić information content (AvgIpc) is 2.81. The summed E-state index contributed by atoms with van der Waals surface area (Å²) in [5, 5.41) is 8.09. The summed E-state index contributed by atoms with van der Waals surface area (Å²) in [6.45, 7) is 3.24. The molecule has 0 saturated carbocycles. The number of nitrogens with one attached hydrogen (secondary N) is 1. The highest BCUT2D eigenvalue weighted by molar-refractivity contribution is 7.99. The molecule has 1 unspecified atom stereocenters. The molecule has 114 valence electrons. The first kappa shape index (κ1) is 16.1. The molecule has 0 radical (unpaired) electrons. The first-order chi connectivity index (χ1) is 10.1. The van der Waals surface area contributed by atoms with Crippen molar-refractivity contribution in [2.75, 3.05) is 13.7 Å². The summed E-state index contributed by atoms with van der Waals surface area (Å²) < 4.78 is 6.65. The maximum absolute atomic E-state index is 11.8. The first-order valence-corrected chi connectivity index (χ1v) is 7.94. The van der Waals surface area contributed by atoms with E-state index >= 15 is 0 Å². The summed E-state index contributed by atoms with van der Waals surface area (Å²) in [5.41, 5.74) is 0.836. The summed E-state index contributed by atoms with van der Waals surface area (Å²) >= 11 is 7.72. The van der Waals surface area contributed by atoms with E-state index in [0.29, 0.717) is 18.3 Å². The van der Waals surface area contributed by atoms with E-state index in [2.05, 4.69) is 10.2 Å². The molecule has 1 atom stereocenters. The summed E-state index contributed by atoms with van der Waals surface area (Å²) in [7, 11) is 1.65. The highest BCUT2D eigenvalue weighted by Crippen LogP contribution is 2.36. The van der Waals surface area contributed by atoms with Gasteiger partial charge < -0.3 is 4.74 Å². The highest BCUT2D eigenvalue weighted by Gasteiger charge is 2.16. The van der Waals surface area contributed by atoms with E-state index in [1.165, 1.54) is 11.8 Å². The number of hydrogen-bond donors (Lipinski definition) is 1. The molecule has 0 spiro atoms. The van der Waals surface area contributed by atoms with E-state index in [9.17, 15) is 4.79 Å². The first-order valence-electron chi connectivity index (χ1n) is 6.68. The van der Waals surface area contributed by atoms with Crippen LogP contribution in [0.15, 0.2) is 34.2 Å². The van der Waals surface area contributed by atoms with Gasteiger partial charge in [-0.1, -0.05) is 41.6 Å². The number of hydrogen-bond acceptors (Lipinski definition) is 4. The summed E-state index contributed by atoms with van der Waals surface area (Å²) in [5.74, 6) is 0. The van der Waals surface area contributed by atoms with Crippen LogP contribution in [-0.2, 0) is 11.3 Å². The molecular weight excluding hydrogens is 310 g/mol. The van der Waals surface area contributed by atoms with E-state index < -0.39 is 0 Å². The largest absolute Gasteiger partial charge is 0.385 e. The third-order valence-electron chi connectivity index (χ3n) is 3.08. The molecule has 1 aromatic heterocycles. The Hall–Kier alpha value is -1.24. The molecule has 0 aliphatic heterocycles. The molecule has 0 amide bonds. The van der Waals surface area contributed by atoms with E-state index in [1.54, 1.807) is 11.7 Å². The van der Waals surface area contributed by atoms with Crippen molar-refractivity contribution in [2.24, 2.45) is 0 Å². The second-order valence-electron chi connectivity index (χ2n) is 4.59. The molecule has 0 saturated heterocycles. The summed E-state index contributed by atoms with van der Waals surface area (Å²) in [4.78, 5) is 11.8. The van der Waals surface area contributed by atoms with Gasteiger partial charge in [0.15, 0.2) is 5.16 Å². The quantitative estimate of drug-likeness (QED) is 0.627. The number of nitrogens with zero attached hydrogens (tertiary/aromatic N) is 2. The Kier molecular flexibility index (Phi) is 5.90. The van der Waals surface area contributed by atoms with E-state index in [1.807, 2.05) is 31.2 Å². The lowest BCUT2D eigenvalue weighted by Gasteiger charge is -2.13. The van der Waals surface area contributed by atoms with Crippen molar-refractivity contribution < 1.29 is 4.74 Å². The van der Waals surface area contributed by atoms with Crippen molar-refractivity contribution in [3.63, 3.8) is 0 Å². The number of aromatic nitrogens is 3. The Morgan fingerprint density at radius 2 is 2.24 bits per heavy atom. The molecule has 1 aromatic carbocycles. The zero-order chi connectivity index (χ0) is 15.2. The van der Waals surface area contributed by atoms with Crippen LogP contribution in [0, 0.1) is 0 Å². The Labute approximate surface area is 132 Å². The van der Waals surface area contributed by atoms with E-state index in [0.717, 1.165) is 17.0 Å². The molecule has 5 nitrogen and oxygen atoms in total. The molecule has 0 aliphatic rings. The monoisotopic (exact) mass is 327 g/mol. The number of benzene rings is 1. The van der Waals surface area contributed by atoms with Gasteiger partial charge in [0.25, 0.3) is 0 Å². The number of methoxy groups -OCH3 is 1. The van der Waals surface area contributed by atoms with Crippen LogP contribution in [0.5, 0.6) is 0 Å². The van der Waals surface area contributed by atoms with Crippen LogP contribution in [0.25, 0.3) is 0 Å². The third kappa shape index (κ3) is 4.12. The minimum Gasteiger partial charge on any atom is -0.385 e. The minimum absolute atomic E-state index is 0.107. The Bertz CT molecular complexity index is 641. The van der Waals surface area contributed by atoms with Crippen LogP contribution in [0.2, 0.25) is 5.02 Å². The lowest BCUT2D eigenvalue weighted by Crippen LogP contribution is -2.18. The van der Waals surface area contributed by atoms with Gasteiger partial charge in [-0.2, -0.15) is 0 Å². The molecule has 1 heterocycles. The Balaban J connectivity index is 2.12. The average molecular weight is 328 g/mol. The number of H-pyrrole nitrogens is 1. The van der Waals surface area contributed by atoms with Crippen LogP contribution in [0.1, 0.15) is 24.2 Å². The highest BCUT2D eigenvalue weighted by atomic mass is 35.5. The van der Waals surface area contributed by atoms with Crippen LogP contribution in [0.3, 0.4) is 0 Å². The van der Waals surface area contributed by atoms with Crippen LogP contribution in [0.4, 0.5) is 0 Å². The van der Waals surface area contributed by atoms with Gasteiger partial charge in [0.05, 0.1) is 0 Å². The smallest absolute Gasteiger partial charge is 0.343 e. The number of ether oxygens (including phenoxy) is 1. The Morgan fingerprint density at radius 3 is 2.95 bits per heavy atom. The normalized spacial score (nSPS) is 12.5. The fraction of sp³-hybridized carbons (Fsp3) is 0.429. The molecular formula is C14H18ClN3O2S. The molecule has 0 bridgehead atoms. The second kappa shape index (κ2) is 7.68. The van der Waals surface area contributed by atoms with Crippen molar-refractivity contribution in [1.82, 2.24) is 14.8 Å². The van der Waals surface area contributed by atoms with Crippen molar-refractivity contribution in [2.45, 2.75) is 30.3 Å². The van der Waals surface area contributed by atoms with E-state index in [4.69, 9.17) is 16.3 Å². The SMILES string of the molecule is COCCCn1c(SC(C)c2ccccc2Cl)n[nH]c1=O. The fourth-order valence-corrected chi connectivity index (χ4v) is 3.40. The maximum atomic E-state index is 11.8. The van der Waals surface area contributed by atoms with Gasteiger partial charge in [0.2, 0.25) is 0 Å². The molecule has 0 fully saturated rings. The minimum atomic E-state index is -0.194. The van der Waals surface area contributed by atoms with Crippen LogP contribution >= 0.6 is 23.4 Å². The number of aromatic amines is 1. The second-order valence-corrected chi connectivity index (χ2v) is 6.31. The van der Waals surface area contributed by atoms with E-state index in [-0.39, 0.29) is 10.9 Å². The zero-order valence-electron chi connectivity index (χ0n) is 12.0. The van der Waals surface area contributed by atoms with Crippen molar-refractivity contribution in [3.05, 3.63) is 45.3 Å². The molecule has 21 heavy (non-hydrogen) atoms. The molecule has 1 N–H and O–H groups in total. The van der Waals surface area contributed by atoms with Gasteiger partial charge in [0, 0.05) is 30.5 Å².